The molecule has 1 aliphatic heterocycles. The molecular formula is C13H18Br2N2. The summed E-state index contributed by atoms with van der Waals surface area (Å²) in [5.74, 6) is 0.864. The number of pyridine rings is 1. The van der Waals surface area contributed by atoms with Crippen molar-refractivity contribution in [1.82, 2.24) is 9.88 Å². The molecule has 0 saturated carbocycles. The minimum absolute atomic E-state index is 0.864. The van der Waals surface area contributed by atoms with E-state index in [0.717, 1.165) is 22.3 Å². The van der Waals surface area contributed by atoms with Gasteiger partial charge < -0.3 is 0 Å². The molecule has 1 aromatic rings. The van der Waals surface area contributed by atoms with Crippen molar-refractivity contribution in [2.45, 2.75) is 25.8 Å². The fourth-order valence-electron chi connectivity index (χ4n) is 2.49. The first-order valence-corrected chi connectivity index (χ1v) is 8.07. The lowest BCUT2D eigenvalue weighted by molar-refractivity contribution is 0.165. The van der Waals surface area contributed by atoms with Crippen LogP contribution in [0.25, 0.3) is 0 Å². The maximum absolute atomic E-state index is 4.22. The topological polar surface area (TPSA) is 16.1 Å². The minimum Gasteiger partial charge on any atom is -0.299 e. The van der Waals surface area contributed by atoms with E-state index in [4.69, 9.17) is 0 Å². The Morgan fingerprint density at radius 3 is 3.06 bits per heavy atom. The van der Waals surface area contributed by atoms with Crippen LogP contribution in [0, 0.1) is 5.92 Å². The number of nitrogens with zero attached hydrogens (tertiary/aromatic N) is 2. The third-order valence-corrected chi connectivity index (χ3v) is 4.18. The highest BCUT2D eigenvalue weighted by atomic mass is 79.9. The zero-order valence-corrected chi connectivity index (χ0v) is 13.1. The van der Waals surface area contributed by atoms with Gasteiger partial charge in [0.25, 0.3) is 0 Å². The Balaban J connectivity index is 1.90. The van der Waals surface area contributed by atoms with E-state index in [1.807, 2.05) is 12.4 Å². The normalized spacial score (nSPS) is 21.6. The van der Waals surface area contributed by atoms with Gasteiger partial charge in [0.05, 0.1) is 0 Å². The lowest BCUT2D eigenvalue weighted by atomic mass is 9.95. The van der Waals surface area contributed by atoms with Gasteiger partial charge in [-0.05, 0) is 59.3 Å². The number of hydrogen-bond donors (Lipinski definition) is 0. The fourth-order valence-corrected chi connectivity index (χ4v) is 3.55. The number of halogens is 2. The van der Waals surface area contributed by atoms with Crippen LogP contribution in [0.1, 0.15) is 24.8 Å². The van der Waals surface area contributed by atoms with E-state index in [1.165, 1.54) is 37.9 Å². The Kier molecular flexibility index (Phi) is 5.45. The van der Waals surface area contributed by atoms with Crippen LogP contribution in [-0.4, -0.2) is 28.3 Å². The van der Waals surface area contributed by atoms with Gasteiger partial charge in [0.2, 0.25) is 0 Å². The maximum Gasteiger partial charge on any atom is 0.0410 e. The Labute approximate surface area is 120 Å². The molecule has 2 heterocycles. The third-order valence-electron chi connectivity index (χ3n) is 3.29. The molecule has 1 aliphatic rings. The lowest BCUT2D eigenvalue weighted by Gasteiger charge is -2.32. The fraction of sp³-hybridized carbons (Fsp3) is 0.615. The molecule has 0 bridgehead atoms. The third kappa shape index (κ3) is 4.34. The molecule has 0 aliphatic carbocycles. The summed E-state index contributed by atoms with van der Waals surface area (Å²) < 4.78 is 1.07. The summed E-state index contributed by atoms with van der Waals surface area (Å²) in [5.41, 5.74) is 1.30. The van der Waals surface area contributed by atoms with Crippen molar-refractivity contribution in [3.05, 3.63) is 28.5 Å². The van der Waals surface area contributed by atoms with Crippen molar-refractivity contribution in [2.75, 3.05) is 18.4 Å². The standard InChI is InChI=1S/C13H18Br2N2/c14-4-3-11-2-1-5-17(9-11)10-12-6-13(15)8-16-7-12/h6-8,11H,1-5,9-10H2. The number of aromatic nitrogens is 1. The van der Waals surface area contributed by atoms with Gasteiger partial charge in [0.1, 0.15) is 0 Å². The zero-order valence-electron chi connectivity index (χ0n) is 9.91. The van der Waals surface area contributed by atoms with E-state index >= 15 is 0 Å². The van der Waals surface area contributed by atoms with Gasteiger partial charge in [0, 0.05) is 35.3 Å². The van der Waals surface area contributed by atoms with Crippen LogP contribution < -0.4 is 0 Å². The molecular weight excluding hydrogens is 344 g/mol. The summed E-state index contributed by atoms with van der Waals surface area (Å²) in [6.45, 7) is 3.49. The lowest BCUT2D eigenvalue weighted by Crippen LogP contribution is -2.35. The van der Waals surface area contributed by atoms with Gasteiger partial charge in [0.15, 0.2) is 0 Å². The first-order chi connectivity index (χ1) is 8.28. The van der Waals surface area contributed by atoms with E-state index in [2.05, 4.69) is 47.8 Å². The Bertz CT molecular complexity index is 355. The first kappa shape index (κ1) is 13.5. The Morgan fingerprint density at radius 2 is 2.29 bits per heavy atom. The number of rotatable bonds is 4. The van der Waals surface area contributed by atoms with Gasteiger partial charge in [-0.3, -0.25) is 9.88 Å². The van der Waals surface area contributed by atoms with Crippen molar-refractivity contribution in [3.8, 4) is 0 Å². The molecule has 0 amide bonds. The summed E-state index contributed by atoms with van der Waals surface area (Å²) in [4.78, 5) is 6.78. The summed E-state index contributed by atoms with van der Waals surface area (Å²) in [6.07, 6.45) is 7.83. The molecule has 2 nitrogen and oxygen atoms in total. The molecule has 0 radical (unpaired) electrons. The van der Waals surface area contributed by atoms with Gasteiger partial charge in [-0.1, -0.05) is 15.9 Å². The number of likely N-dealkylation sites (tertiary alicyclic amines) is 1. The van der Waals surface area contributed by atoms with Crippen molar-refractivity contribution in [3.63, 3.8) is 0 Å². The molecule has 0 spiro atoms. The summed E-state index contributed by atoms with van der Waals surface area (Å²) >= 11 is 7.02. The smallest absolute Gasteiger partial charge is 0.0410 e. The minimum atomic E-state index is 0.864. The van der Waals surface area contributed by atoms with Gasteiger partial charge in [-0.15, -0.1) is 0 Å². The van der Waals surface area contributed by atoms with Crippen molar-refractivity contribution in [1.29, 1.82) is 0 Å². The SMILES string of the molecule is BrCCC1CCCN(Cc2cncc(Br)c2)C1. The second-order valence-electron chi connectivity index (χ2n) is 4.73. The second kappa shape index (κ2) is 6.86. The van der Waals surface area contributed by atoms with Crippen LogP contribution >= 0.6 is 31.9 Å². The van der Waals surface area contributed by atoms with Crippen LogP contribution in [0.5, 0.6) is 0 Å². The Hall–Kier alpha value is 0.0700. The van der Waals surface area contributed by atoms with Gasteiger partial charge >= 0.3 is 0 Å². The monoisotopic (exact) mass is 360 g/mol. The van der Waals surface area contributed by atoms with E-state index in [9.17, 15) is 0 Å². The largest absolute Gasteiger partial charge is 0.299 e. The average molecular weight is 362 g/mol. The highest BCUT2D eigenvalue weighted by molar-refractivity contribution is 9.10. The summed E-state index contributed by atoms with van der Waals surface area (Å²) in [5, 5.41) is 1.13. The van der Waals surface area contributed by atoms with E-state index in [0.29, 0.717) is 0 Å². The molecule has 4 heteroatoms. The molecule has 1 atom stereocenters. The molecule has 0 N–H and O–H groups in total. The van der Waals surface area contributed by atoms with Crippen LogP contribution in [0.2, 0.25) is 0 Å². The number of piperidine rings is 1. The molecule has 94 valence electrons. The molecule has 0 aromatic carbocycles. The predicted molar refractivity (Wildman–Crippen MR) is 78.3 cm³/mol. The molecule has 1 fully saturated rings. The quantitative estimate of drug-likeness (QED) is 0.757. The van der Waals surface area contributed by atoms with Crippen molar-refractivity contribution >= 4 is 31.9 Å². The molecule has 17 heavy (non-hydrogen) atoms. The van der Waals surface area contributed by atoms with Crippen molar-refractivity contribution < 1.29 is 0 Å². The average Bonchev–Trinajstić information content (AvgIpc) is 2.30. The molecule has 1 saturated heterocycles. The number of alkyl halides is 1. The van der Waals surface area contributed by atoms with Crippen molar-refractivity contribution in [2.24, 2.45) is 5.92 Å². The molecule has 2 rings (SSSR count). The summed E-state index contributed by atoms with van der Waals surface area (Å²) in [7, 11) is 0. The Morgan fingerprint density at radius 1 is 1.41 bits per heavy atom. The van der Waals surface area contributed by atoms with Crippen LogP contribution in [0.3, 0.4) is 0 Å². The van der Waals surface area contributed by atoms with Gasteiger partial charge in [-0.25, -0.2) is 0 Å². The van der Waals surface area contributed by atoms with E-state index in [1.54, 1.807) is 0 Å². The van der Waals surface area contributed by atoms with Crippen LogP contribution in [-0.2, 0) is 6.54 Å². The zero-order chi connectivity index (χ0) is 12.1. The van der Waals surface area contributed by atoms with Gasteiger partial charge in [-0.2, -0.15) is 0 Å². The number of hydrogen-bond acceptors (Lipinski definition) is 2. The summed E-state index contributed by atoms with van der Waals surface area (Å²) in [6, 6.07) is 2.17. The van der Waals surface area contributed by atoms with E-state index in [-0.39, 0.29) is 0 Å². The molecule has 1 unspecified atom stereocenters. The highest BCUT2D eigenvalue weighted by Crippen LogP contribution is 2.22. The van der Waals surface area contributed by atoms with E-state index < -0.39 is 0 Å². The first-order valence-electron chi connectivity index (χ1n) is 6.15. The predicted octanol–water partition coefficient (Wildman–Crippen LogP) is 3.84. The highest BCUT2D eigenvalue weighted by Gasteiger charge is 2.19. The van der Waals surface area contributed by atoms with Crippen LogP contribution in [0.15, 0.2) is 22.9 Å². The maximum atomic E-state index is 4.22. The molecule has 1 aromatic heterocycles. The second-order valence-corrected chi connectivity index (χ2v) is 6.44. The van der Waals surface area contributed by atoms with Crippen LogP contribution in [0.4, 0.5) is 0 Å².